The lowest BCUT2D eigenvalue weighted by molar-refractivity contribution is -0.132. The van der Waals surface area contributed by atoms with E-state index in [1.807, 2.05) is 62.4 Å². The highest BCUT2D eigenvalue weighted by Gasteiger charge is 2.47. The molecular weight excluding hydrogens is 426 g/mol. The van der Waals surface area contributed by atoms with Crippen molar-refractivity contribution in [1.29, 1.82) is 0 Å². The molecule has 1 amide bonds. The number of rotatable bonds is 4. The van der Waals surface area contributed by atoms with E-state index in [1.54, 1.807) is 18.2 Å². The van der Waals surface area contributed by atoms with Gasteiger partial charge in [-0.15, -0.1) is 0 Å². The van der Waals surface area contributed by atoms with Gasteiger partial charge in [-0.2, -0.15) is 0 Å². The Hall–Kier alpha value is -3.57. The maximum absolute atomic E-state index is 13.3. The van der Waals surface area contributed by atoms with Gasteiger partial charge in [-0.1, -0.05) is 54.1 Å². The fourth-order valence-corrected chi connectivity index (χ4v) is 4.19. The van der Waals surface area contributed by atoms with E-state index in [4.69, 9.17) is 16.3 Å². The first kappa shape index (κ1) is 21.7. The minimum Gasteiger partial charge on any atom is -0.507 e. The highest BCUT2D eigenvalue weighted by molar-refractivity contribution is 6.51. The number of benzene rings is 3. The van der Waals surface area contributed by atoms with Gasteiger partial charge >= 0.3 is 0 Å². The monoisotopic (exact) mass is 447 g/mol. The quantitative estimate of drug-likeness (QED) is 0.321. The number of ether oxygens (including phenoxy) is 1. The Bertz CT molecular complexity index is 1250. The smallest absolute Gasteiger partial charge is 0.300 e. The molecule has 1 saturated heterocycles. The molecule has 3 aromatic rings. The summed E-state index contributed by atoms with van der Waals surface area (Å²) in [6.45, 7) is 3.86. The first-order chi connectivity index (χ1) is 15.3. The summed E-state index contributed by atoms with van der Waals surface area (Å²) in [6.07, 6.45) is 0. The molecule has 1 fully saturated rings. The number of ketones is 1. The van der Waals surface area contributed by atoms with Crippen molar-refractivity contribution in [3.8, 4) is 5.75 Å². The number of carbonyl (C=O) groups excluding carboxylic acids is 2. The van der Waals surface area contributed by atoms with Gasteiger partial charge in [0.2, 0.25) is 0 Å². The Kier molecular flexibility index (Phi) is 5.76. The van der Waals surface area contributed by atoms with Crippen LogP contribution in [0.2, 0.25) is 5.02 Å². The molecule has 0 aliphatic carbocycles. The third kappa shape index (κ3) is 3.55. The van der Waals surface area contributed by atoms with Crippen molar-refractivity contribution in [2.75, 3.05) is 12.0 Å². The molecule has 5 nitrogen and oxygen atoms in total. The number of aryl methyl sites for hydroxylation is 1. The maximum atomic E-state index is 13.3. The Labute approximate surface area is 191 Å². The zero-order valence-corrected chi connectivity index (χ0v) is 18.7. The molecule has 0 radical (unpaired) electrons. The van der Waals surface area contributed by atoms with Gasteiger partial charge in [0.1, 0.15) is 11.5 Å². The predicted octanol–water partition coefficient (Wildman–Crippen LogP) is 5.59. The van der Waals surface area contributed by atoms with Crippen molar-refractivity contribution < 1.29 is 19.4 Å². The van der Waals surface area contributed by atoms with Crippen LogP contribution < -0.4 is 9.64 Å². The number of Topliss-reactive ketones (excluding diaryl/α,β-unsaturated/α-hetero) is 1. The van der Waals surface area contributed by atoms with Gasteiger partial charge < -0.3 is 9.84 Å². The van der Waals surface area contributed by atoms with E-state index in [-0.39, 0.29) is 11.3 Å². The van der Waals surface area contributed by atoms with E-state index in [0.717, 1.165) is 16.7 Å². The van der Waals surface area contributed by atoms with Crippen LogP contribution in [0.15, 0.2) is 72.3 Å². The Morgan fingerprint density at radius 3 is 2.41 bits per heavy atom. The summed E-state index contributed by atoms with van der Waals surface area (Å²) in [7, 11) is 1.47. The van der Waals surface area contributed by atoms with Crippen molar-refractivity contribution >= 4 is 34.7 Å². The van der Waals surface area contributed by atoms with Crippen LogP contribution in [0.25, 0.3) is 5.76 Å². The molecule has 0 saturated carbocycles. The van der Waals surface area contributed by atoms with Crippen LogP contribution in [0.1, 0.15) is 28.3 Å². The summed E-state index contributed by atoms with van der Waals surface area (Å²) in [4.78, 5) is 28.0. The number of amides is 1. The van der Waals surface area contributed by atoms with Gasteiger partial charge in [0.05, 0.1) is 23.7 Å². The molecule has 1 heterocycles. The number of halogens is 1. The molecule has 3 aromatic carbocycles. The van der Waals surface area contributed by atoms with E-state index >= 15 is 0 Å². The summed E-state index contributed by atoms with van der Waals surface area (Å²) in [5.41, 5.74) is 3.60. The Morgan fingerprint density at radius 1 is 1.00 bits per heavy atom. The number of anilines is 1. The fraction of sp³-hybridized carbons (Fsp3) is 0.154. The first-order valence-electron chi connectivity index (χ1n) is 10.1. The highest BCUT2D eigenvalue weighted by Crippen LogP contribution is 2.43. The van der Waals surface area contributed by atoms with Crippen LogP contribution in [0.5, 0.6) is 5.75 Å². The van der Waals surface area contributed by atoms with E-state index in [0.29, 0.717) is 22.0 Å². The van der Waals surface area contributed by atoms with Crippen LogP contribution in [-0.4, -0.2) is 23.9 Å². The molecule has 0 spiro atoms. The second kappa shape index (κ2) is 8.52. The Balaban J connectivity index is 1.97. The number of carbonyl (C=O) groups is 2. The van der Waals surface area contributed by atoms with Crippen LogP contribution >= 0.6 is 11.6 Å². The molecule has 1 aliphatic rings. The van der Waals surface area contributed by atoms with Crippen LogP contribution in [0.4, 0.5) is 5.69 Å². The highest BCUT2D eigenvalue weighted by atomic mass is 35.5. The number of methoxy groups -OCH3 is 1. The van der Waals surface area contributed by atoms with Crippen molar-refractivity contribution in [1.82, 2.24) is 0 Å². The maximum Gasteiger partial charge on any atom is 0.300 e. The number of aliphatic hydroxyl groups is 1. The summed E-state index contributed by atoms with van der Waals surface area (Å²) >= 11 is 6.12. The number of nitrogens with zero attached hydrogens (tertiary/aromatic N) is 1. The molecule has 162 valence electrons. The minimum atomic E-state index is -0.779. The van der Waals surface area contributed by atoms with E-state index < -0.39 is 17.7 Å². The fourth-order valence-electron chi connectivity index (χ4n) is 3.99. The molecule has 1 atom stereocenters. The van der Waals surface area contributed by atoms with Crippen LogP contribution in [0.3, 0.4) is 0 Å². The van der Waals surface area contributed by atoms with Crippen LogP contribution in [-0.2, 0) is 9.59 Å². The molecule has 1 N–H and O–H groups in total. The average Bonchev–Trinajstić information content (AvgIpc) is 3.06. The molecule has 1 unspecified atom stereocenters. The lowest BCUT2D eigenvalue weighted by Crippen LogP contribution is -2.30. The summed E-state index contributed by atoms with van der Waals surface area (Å²) in [5.74, 6) is -1.35. The standard InChI is InChI=1S/C26H22ClNO4/c1-15-8-7-11-20(16(15)2)28-23(17-9-5-4-6-10-17)22(25(30)26(28)31)24(29)18-12-13-19(27)21(14-18)32-3/h4-14,23,29H,1-3H3/b24-22+. The third-order valence-corrected chi connectivity index (χ3v) is 6.13. The normalized spacial score (nSPS) is 17.6. The average molecular weight is 448 g/mol. The molecule has 32 heavy (non-hydrogen) atoms. The van der Waals surface area contributed by atoms with Crippen molar-refractivity contribution in [2.45, 2.75) is 19.9 Å². The van der Waals surface area contributed by atoms with E-state index in [1.165, 1.54) is 12.0 Å². The summed E-state index contributed by atoms with van der Waals surface area (Å²) in [6, 6.07) is 18.8. The zero-order chi connectivity index (χ0) is 23.0. The lowest BCUT2D eigenvalue weighted by atomic mass is 9.94. The first-order valence-corrected chi connectivity index (χ1v) is 10.5. The number of aliphatic hydroxyl groups excluding tert-OH is 1. The van der Waals surface area contributed by atoms with Gasteiger partial charge in [0.15, 0.2) is 0 Å². The van der Waals surface area contributed by atoms with Crippen LogP contribution in [0, 0.1) is 13.8 Å². The van der Waals surface area contributed by atoms with Gasteiger partial charge in [0, 0.05) is 11.3 Å². The van der Waals surface area contributed by atoms with E-state index in [2.05, 4.69) is 0 Å². The van der Waals surface area contributed by atoms with Gasteiger partial charge in [-0.3, -0.25) is 14.5 Å². The molecule has 1 aliphatic heterocycles. The topological polar surface area (TPSA) is 66.8 Å². The van der Waals surface area contributed by atoms with Crippen molar-refractivity contribution in [3.05, 3.63) is 99.6 Å². The van der Waals surface area contributed by atoms with Gasteiger partial charge in [-0.05, 0) is 54.8 Å². The molecule has 0 aromatic heterocycles. The lowest BCUT2D eigenvalue weighted by Gasteiger charge is -2.27. The van der Waals surface area contributed by atoms with Crippen molar-refractivity contribution in [2.24, 2.45) is 0 Å². The SMILES string of the molecule is COc1cc(/C(O)=C2\C(=O)C(=O)N(c3cccc(C)c3C)C2c2ccccc2)ccc1Cl. The largest absolute Gasteiger partial charge is 0.507 e. The minimum absolute atomic E-state index is 0.0199. The molecule has 0 bridgehead atoms. The third-order valence-electron chi connectivity index (χ3n) is 5.82. The second-order valence-electron chi connectivity index (χ2n) is 7.65. The summed E-state index contributed by atoms with van der Waals surface area (Å²) in [5, 5.41) is 11.6. The van der Waals surface area contributed by atoms with Crippen molar-refractivity contribution in [3.63, 3.8) is 0 Å². The predicted molar refractivity (Wildman–Crippen MR) is 125 cm³/mol. The molecule has 6 heteroatoms. The molecule has 4 rings (SSSR count). The zero-order valence-electron chi connectivity index (χ0n) is 17.9. The van der Waals surface area contributed by atoms with E-state index in [9.17, 15) is 14.7 Å². The number of hydrogen-bond acceptors (Lipinski definition) is 4. The van der Waals surface area contributed by atoms with Gasteiger partial charge in [0.25, 0.3) is 11.7 Å². The second-order valence-corrected chi connectivity index (χ2v) is 8.06. The summed E-state index contributed by atoms with van der Waals surface area (Å²) < 4.78 is 5.25. The Morgan fingerprint density at radius 2 is 1.72 bits per heavy atom. The molecular formula is C26H22ClNO4. The number of hydrogen-bond donors (Lipinski definition) is 1. The van der Waals surface area contributed by atoms with Gasteiger partial charge in [-0.25, -0.2) is 0 Å².